The van der Waals surface area contributed by atoms with Gasteiger partial charge in [0.2, 0.25) is 5.69 Å². The van der Waals surface area contributed by atoms with Gasteiger partial charge in [-0.05, 0) is 92.8 Å². The maximum atomic E-state index is 12.5. The van der Waals surface area contributed by atoms with Crippen molar-refractivity contribution in [2.24, 2.45) is 0 Å². The van der Waals surface area contributed by atoms with Crippen molar-refractivity contribution in [3.05, 3.63) is 96.1 Å². The van der Waals surface area contributed by atoms with Gasteiger partial charge in [0.05, 0.1) is 15.2 Å². The van der Waals surface area contributed by atoms with Gasteiger partial charge in [-0.2, -0.15) is 29.8 Å². The van der Waals surface area contributed by atoms with Gasteiger partial charge in [0, 0.05) is 77.5 Å². The van der Waals surface area contributed by atoms with Crippen LogP contribution < -0.4 is 9.08 Å². The van der Waals surface area contributed by atoms with E-state index in [1.165, 1.54) is 18.2 Å². The van der Waals surface area contributed by atoms with E-state index in [9.17, 15) is 62.1 Å². The molecule has 1 fully saturated rings. The summed E-state index contributed by atoms with van der Waals surface area (Å²) in [4.78, 5) is 41.5. The van der Waals surface area contributed by atoms with E-state index < -0.39 is 85.0 Å². The zero-order valence-electron chi connectivity index (χ0n) is 38.6. The number of allylic oxidation sites excluding steroid dienone is 5. The lowest BCUT2D eigenvalue weighted by Gasteiger charge is -2.34. The summed E-state index contributed by atoms with van der Waals surface area (Å²) in [6, 6.07) is 10.5. The molecule has 2 amide bonds. The van der Waals surface area contributed by atoms with Crippen LogP contribution in [0.15, 0.2) is 99.7 Å². The lowest BCUT2D eigenvalue weighted by molar-refractivity contribution is -0.433. The molecule has 2 atom stereocenters. The van der Waals surface area contributed by atoms with Gasteiger partial charge in [-0.1, -0.05) is 50.6 Å². The van der Waals surface area contributed by atoms with E-state index in [1.54, 1.807) is 24.3 Å². The Morgan fingerprint density at radius 3 is 2.03 bits per heavy atom. The summed E-state index contributed by atoms with van der Waals surface area (Å²) in [5, 5.41) is 1.48. The maximum absolute atomic E-state index is 12.5. The highest BCUT2D eigenvalue weighted by Gasteiger charge is 2.47. The lowest BCUT2D eigenvalue weighted by atomic mass is 9.77. The van der Waals surface area contributed by atoms with E-state index in [-0.39, 0.29) is 41.8 Å². The molecule has 3 N–H and O–H groups in total. The molecule has 0 aromatic heterocycles. The maximum Gasteiger partial charge on any atom is 0.333 e. The summed E-state index contributed by atoms with van der Waals surface area (Å²) in [6.45, 7) is 10.6. The molecule has 19 nitrogen and oxygen atoms in total. The highest BCUT2D eigenvalue weighted by Crippen LogP contribution is 2.52. The Balaban J connectivity index is 1.14. The van der Waals surface area contributed by atoms with Crippen LogP contribution >= 0.6 is 0 Å². The Morgan fingerprint density at radius 1 is 0.800 bits per heavy atom. The van der Waals surface area contributed by atoms with Crippen molar-refractivity contribution in [3.8, 4) is 5.75 Å². The number of rotatable bonds is 18. The van der Waals surface area contributed by atoms with Gasteiger partial charge < -0.3 is 18.5 Å². The van der Waals surface area contributed by atoms with Crippen LogP contribution in [0.1, 0.15) is 90.7 Å². The molecule has 0 radical (unpaired) electrons. The Labute approximate surface area is 407 Å². The number of benzene rings is 4. The largest absolute Gasteiger partial charge is 0.740 e. The number of imide groups is 1. The minimum Gasteiger partial charge on any atom is -0.740 e. The standard InChI is InChI=1S/C47H51N3O16S4/c1-6-48-35-21-19-32-34(26-30(69(59,60)61)28-38(32)70(62,63)64)45(35)46(2,3)39(48)15-11-8-7-9-12-16-40-47(4,5)44-33-25-29(68(56,57)58)27-37(66-67(54)55)31(33)18-20-36(44)49(40)24-14-10-13-17-43(53)65-50-41(51)22-23-42(50)52/h7-9,11-12,15,18-21,25-28,40H,6,10,13-14,16-17,22-24H2,1-5H3,(H3-,54,55,56,57,58,59,60,61,62,63,64)/b8-7+,12-9+,15-11+. The molecule has 2 unspecified atom stereocenters. The van der Waals surface area contributed by atoms with Crippen LogP contribution in [-0.4, -0.2) is 99.9 Å². The molecule has 0 saturated carbocycles. The summed E-state index contributed by atoms with van der Waals surface area (Å²) in [5.74, 6) is -2.14. The second-order valence-electron chi connectivity index (χ2n) is 18.1. The van der Waals surface area contributed by atoms with Crippen LogP contribution in [0.4, 0.5) is 11.4 Å². The molecule has 70 heavy (non-hydrogen) atoms. The minimum absolute atomic E-state index is 0.0199. The number of carbonyl (C=O) groups is 3. The molecule has 0 aliphatic carbocycles. The minimum atomic E-state index is -4.90. The number of anilines is 1. The zero-order chi connectivity index (χ0) is 51.3. The number of hydrogen-bond donors (Lipinski definition) is 3. The van der Waals surface area contributed by atoms with Crippen molar-refractivity contribution in [3.63, 3.8) is 0 Å². The SMILES string of the molecule is CC[N+]1=C(/C=C/C=C/C=C/CC2N(CCCCCC(=O)ON3C(=O)CCC3=O)c3ccc4c(OS(=O)[O-])cc(S(=O)(=O)O)cc4c3C2(C)C)C(C)(C)c2c1ccc1c(S(=O)(=O)O)cc(S(=O)(=O)O)cc21. The van der Waals surface area contributed by atoms with E-state index in [1.807, 2.05) is 69.6 Å². The fourth-order valence-corrected chi connectivity index (χ4v) is 12.1. The molecule has 23 heteroatoms. The van der Waals surface area contributed by atoms with Crippen molar-refractivity contribution >= 4 is 98.1 Å². The van der Waals surface area contributed by atoms with E-state index in [4.69, 9.17) is 9.02 Å². The monoisotopic (exact) mass is 1040 g/mol. The third kappa shape index (κ3) is 10.2. The fraction of sp³-hybridized carbons (Fsp3) is 0.362. The Kier molecular flexibility index (Phi) is 14.5. The van der Waals surface area contributed by atoms with E-state index in [0.29, 0.717) is 71.4 Å². The van der Waals surface area contributed by atoms with Gasteiger partial charge in [0.15, 0.2) is 5.71 Å². The number of hydrogen-bond acceptors (Lipinski definition) is 14. The van der Waals surface area contributed by atoms with Gasteiger partial charge in [0.1, 0.15) is 28.6 Å². The molecule has 4 aromatic rings. The lowest BCUT2D eigenvalue weighted by Crippen LogP contribution is -2.41. The number of fused-ring (bicyclic) bond motifs is 6. The molecular weight excluding hydrogens is 991 g/mol. The first kappa shape index (κ1) is 52.2. The number of hydroxylamine groups is 2. The predicted octanol–water partition coefficient (Wildman–Crippen LogP) is 6.69. The average molecular weight is 1040 g/mol. The van der Waals surface area contributed by atoms with Crippen molar-refractivity contribution < 1.29 is 75.7 Å². The first-order valence-corrected chi connectivity index (χ1v) is 27.4. The van der Waals surface area contributed by atoms with Crippen molar-refractivity contribution in [1.29, 1.82) is 0 Å². The van der Waals surface area contributed by atoms with Crippen molar-refractivity contribution in [2.75, 3.05) is 18.0 Å². The molecule has 4 aromatic carbocycles. The zero-order valence-corrected chi connectivity index (χ0v) is 41.9. The molecule has 1 saturated heterocycles. The summed E-state index contributed by atoms with van der Waals surface area (Å²) in [6.07, 6.45) is 13.0. The second-order valence-corrected chi connectivity index (χ2v) is 22.9. The molecule has 3 heterocycles. The molecular formula is C47H51N3O16S4. The predicted molar refractivity (Wildman–Crippen MR) is 257 cm³/mol. The molecule has 7 rings (SSSR count). The molecule has 0 bridgehead atoms. The van der Waals surface area contributed by atoms with Gasteiger partial charge >= 0.3 is 5.97 Å². The molecule has 3 aliphatic heterocycles. The summed E-state index contributed by atoms with van der Waals surface area (Å²) < 4.78 is 135. The van der Waals surface area contributed by atoms with Gasteiger partial charge in [-0.3, -0.25) is 23.2 Å². The number of amides is 2. The first-order chi connectivity index (χ1) is 32.7. The fourth-order valence-electron chi connectivity index (χ4n) is 9.93. The number of nitrogens with zero attached hydrogens (tertiary/aromatic N) is 3. The van der Waals surface area contributed by atoms with Crippen LogP contribution in [0, 0.1) is 0 Å². The Bertz CT molecular complexity index is 3340. The number of unbranched alkanes of at least 4 members (excludes halogenated alkanes) is 2. The summed E-state index contributed by atoms with van der Waals surface area (Å²) in [7, 11) is -14.6. The third-order valence-electron chi connectivity index (χ3n) is 13.0. The van der Waals surface area contributed by atoms with Crippen molar-refractivity contribution in [2.45, 2.75) is 111 Å². The molecule has 3 aliphatic rings. The highest BCUT2D eigenvalue weighted by atomic mass is 32.2. The van der Waals surface area contributed by atoms with Crippen LogP contribution in [0.5, 0.6) is 5.75 Å². The second kappa shape index (κ2) is 19.5. The topological polar surface area (TPSA) is 282 Å². The van der Waals surface area contributed by atoms with E-state index >= 15 is 0 Å². The Morgan fingerprint density at radius 2 is 1.41 bits per heavy atom. The normalized spacial score (nSPS) is 18.6. The van der Waals surface area contributed by atoms with Crippen LogP contribution in [0.25, 0.3) is 21.5 Å². The van der Waals surface area contributed by atoms with Crippen LogP contribution in [0.2, 0.25) is 0 Å². The smallest absolute Gasteiger partial charge is 0.333 e. The van der Waals surface area contributed by atoms with E-state index in [2.05, 4.69) is 4.90 Å². The van der Waals surface area contributed by atoms with Gasteiger partial charge in [-0.25, -0.2) is 9.00 Å². The summed E-state index contributed by atoms with van der Waals surface area (Å²) >= 11 is -3.07. The third-order valence-corrected chi connectivity index (χ3v) is 15.9. The molecule has 374 valence electrons. The molecule has 0 spiro atoms. The van der Waals surface area contributed by atoms with Crippen molar-refractivity contribution in [1.82, 2.24) is 5.06 Å². The van der Waals surface area contributed by atoms with Crippen LogP contribution in [-0.2, 0) is 71.8 Å². The summed E-state index contributed by atoms with van der Waals surface area (Å²) in [5.41, 5.74) is 1.94. The van der Waals surface area contributed by atoms with Gasteiger partial charge in [-0.15, -0.1) is 5.06 Å². The number of carbonyl (C=O) groups excluding carboxylic acids is 3. The van der Waals surface area contributed by atoms with Crippen LogP contribution in [0.3, 0.4) is 0 Å². The highest BCUT2D eigenvalue weighted by molar-refractivity contribution is 7.87. The average Bonchev–Trinajstić information content (AvgIpc) is 3.78. The first-order valence-electron chi connectivity index (χ1n) is 22.1. The quantitative estimate of drug-likeness (QED) is 0.0233. The van der Waals surface area contributed by atoms with E-state index in [0.717, 1.165) is 23.5 Å². The Hall–Kier alpha value is -5.66. The van der Waals surface area contributed by atoms with Gasteiger partial charge in [0.25, 0.3) is 42.2 Å².